The first-order valence-electron chi connectivity index (χ1n) is 9.52. The molecule has 2 aliphatic heterocycles. The van der Waals surface area contributed by atoms with E-state index < -0.39 is 12.2 Å². The van der Waals surface area contributed by atoms with E-state index in [9.17, 15) is 13.2 Å². The van der Waals surface area contributed by atoms with Crippen molar-refractivity contribution in [2.24, 2.45) is 5.92 Å². The lowest BCUT2D eigenvalue weighted by Gasteiger charge is -2.41. The van der Waals surface area contributed by atoms with Crippen LogP contribution in [0.4, 0.5) is 19.1 Å². The molecule has 4 rings (SSSR count). The molecule has 2 aliphatic rings. The second kappa shape index (κ2) is 7.62. The molecule has 1 aromatic heterocycles. The minimum Gasteiger partial charge on any atom is -0.496 e. The van der Waals surface area contributed by atoms with Gasteiger partial charge in [0.1, 0.15) is 12.1 Å². The number of nitrogens with one attached hydrogen (secondary N) is 1. The highest BCUT2D eigenvalue weighted by molar-refractivity contribution is 5.33. The second-order valence-electron chi connectivity index (χ2n) is 7.52. The summed E-state index contributed by atoms with van der Waals surface area (Å²) in [5, 5.41) is 6.97. The van der Waals surface area contributed by atoms with Crippen LogP contribution in [0.3, 0.4) is 0 Å². The van der Waals surface area contributed by atoms with Gasteiger partial charge < -0.3 is 10.1 Å². The second-order valence-corrected chi connectivity index (χ2v) is 7.52. The van der Waals surface area contributed by atoms with E-state index in [1.165, 1.54) is 6.33 Å². The highest BCUT2D eigenvalue weighted by atomic mass is 19.4. The molecule has 1 aromatic carbocycles. The minimum absolute atomic E-state index is 0.0208. The average molecular weight is 395 g/mol. The predicted octanol–water partition coefficient (Wildman–Crippen LogP) is 3.49. The van der Waals surface area contributed by atoms with Crippen LogP contribution in [0, 0.1) is 5.92 Å². The van der Waals surface area contributed by atoms with Gasteiger partial charge in [-0.05, 0) is 37.8 Å². The van der Waals surface area contributed by atoms with Crippen molar-refractivity contribution in [2.75, 3.05) is 25.5 Å². The monoisotopic (exact) mass is 395 g/mol. The van der Waals surface area contributed by atoms with Crippen LogP contribution in [0.25, 0.3) is 0 Å². The summed E-state index contributed by atoms with van der Waals surface area (Å²) in [4.78, 5) is 6.29. The molecule has 3 atom stereocenters. The van der Waals surface area contributed by atoms with Crippen molar-refractivity contribution in [3.63, 3.8) is 0 Å². The summed E-state index contributed by atoms with van der Waals surface area (Å²) in [7, 11) is 1.65. The van der Waals surface area contributed by atoms with Crippen molar-refractivity contribution in [1.29, 1.82) is 0 Å². The summed E-state index contributed by atoms with van der Waals surface area (Å²) in [5.41, 5.74) is 1.09. The molecule has 1 N–H and O–H groups in total. The molecule has 0 amide bonds. The van der Waals surface area contributed by atoms with Crippen LogP contribution in [-0.4, -0.2) is 52.1 Å². The Bertz CT molecular complexity index is 809. The van der Waals surface area contributed by atoms with Gasteiger partial charge in [-0.15, -0.1) is 0 Å². The lowest BCUT2D eigenvalue weighted by Crippen LogP contribution is -2.47. The molecule has 3 heterocycles. The molecule has 0 unspecified atom stereocenters. The molecule has 1 saturated heterocycles. The van der Waals surface area contributed by atoms with E-state index in [-0.39, 0.29) is 24.3 Å². The zero-order valence-corrected chi connectivity index (χ0v) is 15.7. The zero-order valence-electron chi connectivity index (χ0n) is 15.7. The molecule has 1 fully saturated rings. The number of piperidine rings is 1. The fraction of sp³-hybridized carbons (Fsp3) is 0.579. The Kier molecular flexibility index (Phi) is 5.18. The van der Waals surface area contributed by atoms with Gasteiger partial charge in [0.25, 0.3) is 0 Å². The van der Waals surface area contributed by atoms with Gasteiger partial charge in [-0.1, -0.05) is 18.2 Å². The highest BCUT2D eigenvalue weighted by Crippen LogP contribution is 2.41. The summed E-state index contributed by atoms with van der Waals surface area (Å²) in [5.74, 6) is 1.17. The van der Waals surface area contributed by atoms with Crippen LogP contribution in [0.15, 0.2) is 30.6 Å². The van der Waals surface area contributed by atoms with Crippen LogP contribution in [-0.2, 0) is 6.54 Å². The van der Waals surface area contributed by atoms with Crippen LogP contribution in [0.2, 0.25) is 0 Å². The molecule has 0 bridgehead atoms. The summed E-state index contributed by atoms with van der Waals surface area (Å²) in [6, 6.07) is 5.97. The van der Waals surface area contributed by atoms with Crippen molar-refractivity contribution in [3.8, 4) is 5.75 Å². The number of fused-ring (bicyclic) bond motifs is 1. The number of nitrogens with zero attached hydrogens (tertiary/aromatic N) is 4. The highest BCUT2D eigenvalue weighted by Gasteiger charge is 2.48. The van der Waals surface area contributed by atoms with Gasteiger partial charge in [-0.25, -0.2) is 4.68 Å². The Labute approximate surface area is 161 Å². The van der Waals surface area contributed by atoms with E-state index in [0.29, 0.717) is 0 Å². The topological polar surface area (TPSA) is 55.2 Å². The van der Waals surface area contributed by atoms with Gasteiger partial charge in [0, 0.05) is 24.7 Å². The van der Waals surface area contributed by atoms with Gasteiger partial charge >= 0.3 is 6.18 Å². The number of rotatable bonds is 4. The number of alkyl halides is 3. The van der Waals surface area contributed by atoms with Crippen LogP contribution < -0.4 is 10.1 Å². The average Bonchev–Trinajstić information content (AvgIpc) is 3.15. The maximum Gasteiger partial charge on any atom is 0.411 e. The number of hydrogen-bond acceptors (Lipinski definition) is 5. The Morgan fingerprint density at radius 2 is 2.11 bits per heavy atom. The first kappa shape index (κ1) is 19.0. The van der Waals surface area contributed by atoms with Crippen LogP contribution in [0.1, 0.15) is 30.9 Å². The quantitative estimate of drug-likeness (QED) is 0.859. The third kappa shape index (κ3) is 3.80. The number of aromatic nitrogens is 3. The van der Waals surface area contributed by atoms with Gasteiger partial charge in [-0.3, -0.25) is 4.90 Å². The van der Waals surface area contributed by atoms with Gasteiger partial charge in [0.05, 0.1) is 7.11 Å². The molecular weight excluding hydrogens is 371 g/mol. The normalized spacial score (nSPS) is 25.8. The molecule has 152 valence electrons. The maximum absolute atomic E-state index is 13.5. The van der Waals surface area contributed by atoms with Crippen molar-refractivity contribution in [3.05, 3.63) is 36.2 Å². The number of hydrogen-bond donors (Lipinski definition) is 1. The first-order chi connectivity index (χ1) is 13.5. The molecule has 6 nitrogen and oxygen atoms in total. The van der Waals surface area contributed by atoms with Crippen molar-refractivity contribution in [1.82, 2.24) is 19.7 Å². The number of halogens is 3. The lowest BCUT2D eigenvalue weighted by molar-refractivity contribution is -0.174. The smallest absolute Gasteiger partial charge is 0.411 e. The minimum atomic E-state index is -4.34. The molecule has 9 heteroatoms. The predicted molar refractivity (Wildman–Crippen MR) is 98.1 cm³/mol. The van der Waals surface area contributed by atoms with Crippen LogP contribution in [0.5, 0.6) is 5.75 Å². The summed E-state index contributed by atoms with van der Waals surface area (Å²) < 4.78 is 47.0. The van der Waals surface area contributed by atoms with Gasteiger partial charge in [0.15, 0.2) is 6.04 Å². The fourth-order valence-electron chi connectivity index (χ4n) is 4.37. The molecule has 0 aliphatic carbocycles. The zero-order chi connectivity index (χ0) is 19.7. The Morgan fingerprint density at radius 1 is 1.29 bits per heavy atom. The largest absolute Gasteiger partial charge is 0.496 e. The number of likely N-dealkylation sites (tertiary alicyclic amines) is 1. The number of para-hydroxylation sites is 1. The standard InChI is InChI=1S/C19H24F3N5O/c1-28-16-7-3-2-5-14(16)11-26-8-4-6-13(10-26)15-9-17(19(20,21)22)27-18(25-15)23-12-24-27/h2-3,5,7,12-13,15,17H,4,6,8-11H2,1H3,(H,23,24,25)/t13-,15+,17-/m1/s1. The summed E-state index contributed by atoms with van der Waals surface area (Å²) in [6.45, 7) is 2.40. The van der Waals surface area contributed by atoms with Crippen molar-refractivity contribution < 1.29 is 17.9 Å². The van der Waals surface area contributed by atoms with Crippen molar-refractivity contribution >= 4 is 5.95 Å². The number of methoxy groups -OCH3 is 1. The van der Waals surface area contributed by atoms with E-state index in [4.69, 9.17) is 4.74 Å². The van der Waals surface area contributed by atoms with E-state index in [2.05, 4.69) is 20.3 Å². The Hall–Kier alpha value is -2.29. The third-order valence-electron chi connectivity index (χ3n) is 5.74. The Morgan fingerprint density at radius 3 is 2.89 bits per heavy atom. The SMILES string of the molecule is COc1ccccc1CN1CCC[C@@H]([C@@H]2C[C@H](C(F)(F)F)n3ncnc3N2)C1. The number of benzene rings is 1. The molecule has 0 radical (unpaired) electrons. The molecule has 0 spiro atoms. The Balaban J connectivity index is 1.48. The number of ether oxygens (including phenoxy) is 1. The first-order valence-corrected chi connectivity index (χ1v) is 9.52. The number of anilines is 1. The van der Waals surface area contributed by atoms with Crippen LogP contribution >= 0.6 is 0 Å². The van der Waals surface area contributed by atoms with Gasteiger partial charge in [0.2, 0.25) is 5.95 Å². The molecule has 28 heavy (non-hydrogen) atoms. The van der Waals surface area contributed by atoms with Crippen molar-refractivity contribution in [2.45, 2.75) is 44.1 Å². The molecular formula is C19H24F3N5O. The van der Waals surface area contributed by atoms with E-state index in [1.807, 2.05) is 24.3 Å². The molecule has 0 saturated carbocycles. The van der Waals surface area contributed by atoms with E-state index in [0.717, 1.165) is 48.5 Å². The summed E-state index contributed by atoms with van der Waals surface area (Å²) in [6.07, 6.45) is -1.32. The molecule has 2 aromatic rings. The van der Waals surface area contributed by atoms with Gasteiger partial charge in [-0.2, -0.15) is 23.3 Å². The summed E-state index contributed by atoms with van der Waals surface area (Å²) >= 11 is 0. The third-order valence-corrected chi connectivity index (χ3v) is 5.74. The maximum atomic E-state index is 13.5. The van der Waals surface area contributed by atoms with E-state index in [1.54, 1.807) is 7.11 Å². The lowest BCUT2D eigenvalue weighted by atomic mass is 9.86. The fourth-order valence-corrected chi connectivity index (χ4v) is 4.37. The van der Waals surface area contributed by atoms with E-state index >= 15 is 0 Å².